The Balaban J connectivity index is 1.58. The van der Waals surface area contributed by atoms with Gasteiger partial charge in [0.05, 0.1) is 5.75 Å². The van der Waals surface area contributed by atoms with Gasteiger partial charge in [-0.15, -0.1) is 21.5 Å². The molecule has 1 amide bonds. The van der Waals surface area contributed by atoms with E-state index >= 15 is 0 Å². The molecule has 0 bridgehead atoms. The van der Waals surface area contributed by atoms with Gasteiger partial charge < -0.3 is 14.6 Å². The fourth-order valence-electron chi connectivity index (χ4n) is 2.15. The van der Waals surface area contributed by atoms with Crippen LogP contribution in [0.1, 0.15) is 18.9 Å². The van der Waals surface area contributed by atoms with Gasteiger partial charge in [0, 0.05) is 18.6 Å². The summed E-state index contributed by atoms with van der Waals surface area (Å²) in [7, 11) is 1.81. The van der Waals surface area contributed by atoms with Gasteiger partial charge in [0.15, 0.2) is 22.2 Å². The highest BCUT2D eigenvalue weighted by molar-refractivity contribution is 7.99. The number of hydrogen-bond donors (Lipinski definition) is 1. The number of benzene rings is 1. The first-order valence-corrected chi connectivity index (χ1v) is 9.53. The van der Waals surface area contributed by atoms with Crippen LogP contribution in [0.2, 0.25) is 0 Å². The number of hydrogen-bond acceptors (Lipinski definition) is 7. The van der Waals surface area contributed by atoms with Crippen molar-refractivity contribution in [3.8, 4) is 5.75 Å². The van der Waals surface area contributed by atoms with E-state index in [1.807, 2.05) is 6.92 Å². The molecule has 1 unspecified atom stereocenters. The molecule has 0 spiro atoms. The van der Waals surface area contributed by atoms with Crippen molar-refractivity contribution in [1.29, 1.82) is 0 Å². The maximum Gasteiger partial charge on any atom is 0.236 e. The number of thioether (sulfide) groups is 1. The highest BCUT2D eigenvalue weighted by Gasteiger charge is 2.18. The molecule has 0 aliphatic heterocycles. The van der Waals surface area contributed by atoms with Crippen molar-refractivity contribution >= 4 is 34.1 Å². The summed E-state index contributed by atoms with van der Waals surface area (Å²) in [6.45, 7) is 1.83. The molecular formula is C16H16FN5O2S2. The smallest absolute Gasteiger partial charge is 0.236 e. The third kappa shape index (κ3) is 4.58. The Labute approximate surface area is 157 Å². The van der Waals surface area contributed by atoms with Crippen LogP contribution in [0.4, 0.5) is 9.52 Å². The van der Waals surface area contributed by atoms with E-state index in [0.717, 1.165) is 0 Å². The van der Waals surface area contributed by atoms with Crippen molar-refractivity contribution in [2.45, 2.75) is 18.2 Å². The zero-order valence-electron chi connectivity index (χ0n) is 14.0. The quantitative estimate of drug-likeness (QED) is 0.621. The number of ether oxygens (including phenoxy) is 1. The molecule has 0 aliphatic carbocycles. The van der Waals surface area contributed by atoms with Gasteiger partial charge in [-0.05, 0) is 31.2 Å². The third-order valence-corrected chi connectivity index (χ3v) is 5.08. The third-order valence-electron chi connectivity index (χ3n) is 3.37. The average Bonchev–Trinajstić information content (AvgIpc) is 3.25. The van der Waals surface area contributed by atoms with Crippen LogP contribution in [0, 0.1) is 5.82 Å². The lowest BCUT2D eigenvalue weighted by atomic mass is 10.3. The van der Waals surface area contributed by atoms with Crippen LogP contribution in [0.5, 0.6) is 5.75 Å². The van der Waals surface area contributed by atoms with E-state index in [-0.39, 0.29) is 23.6 Å². The van der Waals surface area contributed by atoms with Crippen molar-refractivity contribution in [1.82, 2.24) is 19.7 Å². The Morgan fingerprint density at radius 3 is 2.85 bits per heavy atom. The number of anilines is 1. The molecule has 1 aromatic carbocycles. The molecule has 7 nitrogen and oxygen atoms in total. The van der Waals surface area contributed by atoms with Crippen LogP contribution < -0.4 is 10.1 Å². The number of nitrogens with zero attached hydrogens (tertiary/aromatic N) is 4. The van der Waals surface area contributed by atoms with E-state index in [9.17, 15) is 9.18 Å². The van der Waals surface area contributed by atoms with Gasteiger partial charge in [-0.2, -0.15) is 0 Å². The molecule has 0 saturated carbocycles. The van der Waals surface area contributed by atoms with E-state index in [1.165, 1.54) is 35.2 Å². The van der Waals surface area contributed by atoms with Crippen LogP contribution in [0.25, 0.3) is 0 Å². The lowest BCUT2D eigenvalue weighted by Gasteiger charge is -2.14. The molecule has 3 rings (SSSR count). The molecule has 3 aromatic rings. The van der Waals surface area contributed by atoms with Crippen LogP contribution in [-0.4, -0.2) is 31.4 Å². The topological polar surface area (TPSA) is 81.9 Å². The number of amides is 1. The average molecular weight is 393 g/mol. The van der Waals surface area contributed by atoms with Gasteiger partial charge in [-0.1, -0.05) is 11.8 Å². The fraction of sp³-hybridized carbons (Fsp3) is 0.250. The molecule has 2 heterocycles. The molecule has 136 valence electrons. The molecule has 0 saturated heterocycles. The number of carbonyl (C=O) groups is 1. The van der Waals surface area contributed by atoms with E-state index in [4.69, 9.17) is 4.74 Å². The highest BCUT2D eigenvalue weighted by Crippen LogP contribution is 2.24. The summed E-state index contributed by atoms with van der Waals surface area (Å²) < 4.78 is 20.5. The van der Waals surface area contributed by atoms with Gasteiger partial charge in [-0.3, -0.25) is 4.79 Å². The Kier molecular flexibility index (Phi) is 5.84. The van der Waals surface area contributed by atoms with Crippen molar-refractivity contribution in [2.24, 2.45) is 7.05 Å². The summed E-state index contributed by atoms with van der Waals surface area (Å²) in [5.41, 5.74) is 0. The monoisotopic (exact) mass is 393 g/mol. The Morgan fingerprint density at radius 1 is 1.38 bits per heavy atom. The minimum Gasteiger partial charge on any atom is -0.483 e. The standard InChI is InChI=1S/C16H16FN5O2S2/c1-10(24-12-5-3-11(17)4-6-12)14-20-21-16(22(14)2)26-9-13(23)19-15-18-7-8-25-15/h3-8,10H,9H2,1-2H3,(H,18,19,23). The van der Waals surface area contributed by atoms with E-state index in [0.29, 0.717) is 21.9 Å². The van der Waals surface area contributed by atoms with Crippen LogP contribution in [0.15, 0.2) is 41.0 Å². The summed E-state index contributed by atoms with van der Waals surface area (Å²) >= 11 is 2.63. The number of carbonyl (C=O) groups excluding carboxylic acids is 1. The number of aromatic nitrogens is 4. The molecule has 0 radical (unpaired) electrons. The molecule has 1 N–H and O–H groups in total. The van der Waals surface area contributed by atoms with Crippen molar-refractivity contribution in [2.75, 3.05) is 11.1 Å². The minimum absolute atomic E-state index is 0.162. The van der Waals surface area contributed by atoms with E-state index in [2.05, 4.69) is 20.5 Å². The Hall–Kier alpha value is -2.46. The molecule has 0 fully saturated rings. The first-order valence-electron chi connectivity index (χ1n) is 7.66. The first-order chi connectivity index (χ1) is 12.5. The number of halogens is 1. The minimum atomic E-state index is -0.378. The predicted molar refractivity (Wildman–Crippen MR) is 97.9 cm³/mol. The Morgan fingerprint density at radius 2 is 2.15 bits per heavy atom. The van der Waals surface area contributed by atoms with Crippen LogP contribution in [0.3, 0.4) is 0 Å². The molecule has 10 heteroatoms. The zero-order chi connectivity index (χ0) is 18.5. The fourth-order valence-corrected chi connectivity index (χ4v) is 3.41. The molecule has 2 aromatic heterocycles. The number of thiazole rings is 1. The molecule has 0 aliphatic rings. The largest absolute Gasteiger partial charge is 0.483 e. The summed E-state index contributed by atoms with van der Waals surface area (Å²) in [5, 5.41) is 13.9. The maximum atomic E-state index is 13.0. The summed E-state index contributed by atoms with van der Waals surface area (Å²) in [6, 6.07) is 5.78. The molecule has 1 atom stereocenters. The van der Waals surface area contributed by atoms with Gasteiger partial charge >= 0.3 is 0 Å². The van der Waals surface area contributed by atoms with Crippen LogP contribution >= 0.6 is 23.1 Å². The summed E-state index contributed by atoms with van der Waals surface area (Å²) in [5.74, 6) is 0.859. The molecular weight excluding hydrogens is 377 g/mol. The van der Waals surface area contributed by atoms with Gasteiger partial charge in [0.25, 0.3) is 0 Å². The second-order valence-corrected chi connectivity index (χ2v) is 7.12. The van der Waals surface area contributed by atoms with Gasteiger partial charge in [0.2, 0.25) is 5.91 Å². The van der Waals surface area contributed by atoms with Crippen molar-refractivity contribution < 1.29 is 13.9 Å². The van der Waals surface area contributed by atoms with Crippen molar-refractivity contribution in [3.63, 3.8) is 0 Å². The highest BCUT2D eigenvalue weighted by atomic mass is 32.2. The normalized spacial score (nSPS) is 12.0. The predicted octanol–water partition coefficient (Wildman–Crippen LogP) is 3.28. The lowest BCUT2D eigenvalue weighted by molar-refractivity contribution is -0.113. The lowest BCUT2D eigenvalue weighted by Crippen LogP contribution is -2.14. The SMILES string of the molecule is CC(Oc1ccc(F)cc1)c1nnc(SCC(=O)Nc2nccs2)n1C. The molecule has 26 heavy (non-hydrogen) atoms. The second kappa shape index (κ2) is 8.28. The van der Waals surface area contributed by atoms with Gasteiger partial charge in [0.1, 0.15) is 11.6 Å². The number of rotatable bonds is 7. The van der Waals surface area contributed by atoms with Crippen LogP contribution in [-0.2, 0) is 11.8 Å². The van der Waals surface area contributed by atoms with E-state index < -0.39 is 0 Å². The Bertz CT molecular complexity index is 867. The maximum absolute atomic E-state index is 13.0. The van der Waals surface area contributed by atoms with Gasteiger partial charge in [-0.25, -0.2) is 9.37 Å². The van der Waals surface area contributed by atoms with E-state index in [1.54, 1.807) is 35.3 Å². The number of nitrogens with one attached hydrogen (secondary N) is 1. The first kappa shape index (κ1) is 18.3. The zero-order valence-corrected chi connectivity index (χ0v) is 15.7. The summed E-state index contributed by atoms with van der Waals surface area (Å²) in [6.07, 6.45) is 1.25. The summed E-state index contributed by atoms with van der Waals surface area (Å²) in [4.78, 5) is 15.9. The second-order valence-electron chi connectivity index (χ2n) is 5.29. The van der Waals surface area contributed by atoms with Crippen molar-refractivity contribution in [3.05, 3.63) is 47.5 Å².